The third-order valence-corrected chi connectivity index (χ3v) is 6.77. The number of aryl methyl sites for hydroxylation is 1. The van der Waals surface area contributed by atoms with Gasteiger partial charge in [0, 0.05) is 17.6 Å². The first-order chi connectivity index (χ1) is 16.6. The van der Waals surface area contributed by atoms with E-state index in [-0.39, 0.29) is 28.9 Å². The van der Waals surface area contributed by atoms with Crippen molar-refractivity contribution < 1.29 is 23.1 Å². The lowest BCUT2D eigenvalue weighted by Crippen LogP contribution is -2.42. The summed E-state index contributed by atoms with van der Waals surface area (Å²) in [7, 11) is -3.80. The molecule has 11 nitrogen and oxygen atoms in total. The summed E-state index contributed by atoms with van der Waals surface area (Å²) < 4.78 is 22.7. The molecular weight excluding hydrogens is 472 g/mol. The quantitative estimate of drug-likeness (QED) is 0.381. The zero-order valence-corrected chi connectivity index (χ0v) is 19.9. The number of azo groups is 1. The van der Waals surface area contributed by atoms with Gasteiger partial charge in [-0.15, -0.1) is 10.2 Å². The molecule has 35 heavy (non-hydrogen) atoms. The number of aromatic amines is 1. The fraction of sp³-hybridized carbons (Fsp3) is 0.304. The molecule has 1 aromatic heterocycles. The molecule has 2 aromatic carbocycles. The summed E-state index contributed by atoms with van der Waals surface area (Å²) >= 11 is 0. The number of aromatic nitrogens is 1. The highest BCUT2D eigenvalue weighted by molar-refractivity contribution is 7.89. The lowest BCUT2D eigenvalue weighted by molar-refractivity contribution is -0.125. The predicted molar refractivity (Wildman–Crippen MR) is 130 cm³/mol. The predicted octanol–water partition coefficient (Wildman–Crippen LogP) is 2.79. The van der Waals surface area contributed by atoms with Crippen molar-refractivity contribution in [2.45, 2.75) is 24.7 Å². The van der Waals surface area contributed by atoms with Gasteiger partial charge >= 0.3 is 0 Å². The minimum Gasteiger partial charge on any atom is -0.493 e. The van der Waals surface area contributed by atoms with Crippen LogP contribution < -0.4 is 10.5 Å². The summed E-state index contributed by atoms with van der Waals surface area (Å²) in [5.74, 6) is -1.26. The van der Waals surface area contributed by atoms with E-state index in [1.165, 1.54) is 24.3 Å². The average Bonchev–Trinajstić information content (AvgIpc) is 3.11. The van der Waals surface area contributed by atoms with Gasteiger partial charge in [0.2, 0.25) is 21.8 Å². The van der Waals surface area contributed by atoms with E-state index < -0.39 is 21.8 Å². The molecule has 1 saturated heterocycles. The maximum Gasteiger partial charge on any atom is 0.269 e. The van der Waals surface area contributed by atoms with E-state index in [4.69, 9.17) is 5.14 Å². The second kappa shape index (κ2) is 9.94. The van der Waals surface area contributed by atoms with Gasteiger partial charge in [0.25, 0.3) is 5.91 Å². The van der Waals surface area contributed by atoms with E-state index >= 15 is 0 Å². The number of carbonyl (C=O) groups is 2. The zero-order chi connectivity index (χ0) is 25.2. The van der Waals surface area contributed by atoms with Crippen molar-refractivity contribution in [1.82, 2.24) is 9.88 Å². The number of hydrogen-bond donors (Lipinski definition) is 4. The van der Waals surface area contributed by atoms with Crippen LogP contribution >= 0.6 is 0 Å². The number of benzene rings is 2. The second-order valence-corrected chi connectivity index (χ2v) is 10.2. The Bertz CT molecular complexity index is 1400. The van der Waals surface area contributed by atoms with Crippen LogP contribution in [-0.4, -0.2) is 54.9 Å². The molecule has 0 bridgehead atoms. The molecule has 5 N–H and O–H groups in total. The van der Waals surface area contributed by atoms with Crippen LogP contribution in [0.25, 0.3) is 10.9 Å². The molecular formula is C23H26N6O5S. The van der Waals surface area contributed by atoms with Gasteiger partial charge in [-0.3, -0.25) is 14.5 Å². The number of sulfonamides is 1. The van der Waals surface area contributed by atoms with Crippen LogP contribution in [0, 0.1) is 12.8 Å². The van der Waals surface area contributed by atoms with Crippen molar-refractivity contribution in [2.24, 2.45) is 21.3 Å². The second-order valence-electron chi connectivity index (χ2n) is 8.60. The van der Waals surface area contributed by atoms with Gasteiger partial charge in [-0.05, 0) is 62.2 Å². The number of anilines is 1. The van der Waals surface area contributed by atoms with E-state index in [1.54, 1.807) is 0 Å². The number of nitrogens with one attached hydrogen (secondary N) is 2. The first-order valence-electron chi connectivity index (χ1n) is 11.0. The van der Waals surface area contributed by atoms with Gasteiger partial charge in [-0.25, -0.2) is 13.6 Å². The maximum atomic E-state index is 12.7. The van der Waals surface area contributed by atoms with Gasteiger partial charge in [-0.1, -0.05) is 12.1 Å². The van der Waals surface area contributed by atoms with Gasteiger partial charge < -0.3 is 15.4 Å². The lowest BCUT2D eigenvalue weighted by atomic mass is 9.97. The number of fused-ring (bicyclic) bond motifs is 1. The Morgan fingerprint density at radius 3 is 2.69 bits per heavy atom. The number of aromatic hydroxyl groups is 1. The number of amides is 2. The van der Waals surface area contributed by atoms with Crippen LogP contribution in [-0.2, 0) is 19.6 Å². The number of piperidine rings is 1. The van der Waals surface area contributed by atoms with E-state index in [1.807, 2.05) is 30.0 Å². The SMILES string of the molecule is Cc1ccc2c(N=NC(=O)C3CCCN(CC(=O)Nc4ccc(S(N)(=O)=O)cc4)C3)c(O)[nH]c2c1. The monoisotopic (exact) mass is 498 g/mol. The van der Waals surface area contributed by atoms with Gasteiger partial charge in [0.1, 0.15) is 0 Å². The highest BCUT2D eigenvalue weighted by atomic mass is 32.2. The largest absolute Gasteiger partial charge is 0.493 e. The topological polar surface area (TPSA) is 170 Å². The fourth-order valence-corrected chi connectivity index (χ4v) is 4.61. The Morgan fingerprint density at radius 1 is 1.23 bits per heavy atom. The highest BCUT2D eigenvalue weighted by Crippen LogP contribution is 2.36. The van der Waals surface area contributed by atoms with Crippen LogP contribution in [0.15, 0.2) is 57.6 Å². The molecule has 1 aliphatic rings. The van der Waals surface area contributed by atoms with Gasteiger partial charge in [-0.2, -0.15) is 0 Å². The third-order valence-electron chi connectivity index (χ3n) is 5.84. The zero-order valence-electron chi connectivity index (χ0n) is 19.1. The third kappa shape index (κ3) is 5.91. The Hall–Kier alpha value is -3.61. The molecule has 184 valence electrons. The molecule has 2 amide bonds. The molecule has 1 aliphatic heterocycles. The molecule has 0 aliphatic carbocycles. The Morgan fingerprint density at radius 2 is 1.97 bits per heavy atom. The molecule has 1 unspecified atom stereocenters. The van der Waals surface area contributed by atoms with Gasteiger partial charge in [0.05, 0.1) is 22.9 Å². The van der Waals surface area contributed by atoms with E-state index in [0.717, 1.165) is 12.0 Å². The van der Waals surface area contributed by atoms with Crippen LogP contribution in [0.1, 0.15) is 18.4 Å². The van der Waals surface area contributed by atoms with E-state index in [2.05, 4.69) is 20.5 Å². The van der Waals surface area contributed by atoms with Gasteiger partial charge in [0.15, 0.2) is 5.69 Å². The number of primary sulfonamides is 1. The molecule has 0 spiro atoms. The average molecular weight is 499 g/mol. The molecule has 12 heteroatoms. The van der Waals surface area contributed by atoms with E-state index in [0.29, 0.717) is 36.1 Å². The van der Waals surface area contributed by atoms with Crippen molar-refractivity contribution in [2.75, 3.05) is 25.0 Å². The van der Waals surface area contributed by atoms with Crippen molar-refractivity contribution in [3.63, 3.8) is 0 Å². The van der Waals surface area contributed by atoms with Crippen molar-refractivity contribution in [1.29, 1.82) is 0 Å². The standard InChI is InChI=1S/C23H26N6O5S/c1-14-4-9-18-19(11-14)26-23(32)21(18)27-28-22(31)15-3-2-10-29(12-15)13-20(30)25-16-5-7-17(8-6-16)35(24,33)34/h4-9,11,15,26,32H,2-3,10,12-13H2,1H3,(H,25,30)(H2,24,33,34). The number of H-pyrrole nitrogens is 1. The van der Waals surface area contributed by atoms with Crippen LogP contribution in [0.4, 0.5) is 11.4 Å². The number of likely N-dealkylation sites (tertiary alicyclic amines) is 1. The molecule has 1 fully saturated rings. The number of nitrogens with zero attached hydrogens (tertiary/aromatic N) is 3. The molecule has 2 heterocycles. The summed E-state index contributed by atoms with van der Waals surface area (Å²) in [6.07, 6.45) is 1.35. The normalized spacial score (nSPS) is 17.1. The number of nitrogens with two attached hydrogens (primary N) is 1. The first kappa shape index (κ1) is 24.5. The van der Waals surface area contributed by atoms with Crippen LogP contribution in [0.5, 0.6) is 5.88 Å². The van der Waals surface area contributed by atoms with Crippen molar-refractivity contribution >= 4 is 44.1 Å². The summed E-state index contributed by atoms with van der Waals surface area (Å²) in [4.78, 5) is 29.8. The lowest BCUT2D eigenvalue weighted by Gasteiger charge is -2.30. The van der Waals surface area contributed by atoms with Crippen LogP contribution in [0.2, 0.25) is 0 Å². The smallest absolute Gasteiger partial charge is 0.269 e. The number of rotatable bonds is 6. The first-order valence-corrected chi connectivity index (χ1v) is 12.6. The van der Waals surface area contributed by atoms with Crippen molar-refractivity contribution in [3.8, 4) is 5.88 Å². The molecule has 0 saturated carbocycles. The van der Waals surface area contributed by atoms with Crippen LogP contribution in [0.3, 0.4) is 0 Å². The Balaban J connectivity index is 1.35. The number of carbonyl (C=O) groups excluding carboxylic acids is 2. The van der Waals surface area contributed by atoms with Crippen molar-refractivity contribution in [3.05, 3.63) is 48.0 Å². The molecule has 1 atom stereocenters. The van der Waals surface area contributed by atoms with E-state index in [9.17, 15) is 23.1 Å². The molecule has 4 rings (SSSR count). The Labute approximate surface area is 202 Å². The maximum absolute atomic E-state index is 12.7. The highest BCUT2D eigenvalue weighted by Gasteiger charge is 2.27. The minimum absolute atomic E-state index is 0.0434. The molecule has 3 aromatic rings. The fourth-order valence-electron chi connectivity index (χ4n) is 4.10. The minimum atomic E-state index is -3.80. The summed E-state index contributed by atoms with van der Waals surface area (Å²) in [6, 6.07) is 11.1. The summed E-state index contributed by atoms with van der Waals surface area (Å²) in [6.45, 7) is 3.01. The molecule has 0 radical (unpaired) electrons. The summed E-state index contributed by atoms with van der Waals surface area (Å²) in [5.41, 5.74) is 2.38. The number of hydrogen-bond acceptors (Lipinski definition) is 7. The Kier molecular flexibility index (Phi) is 6.96. The summed E-state index contributed by atoms with van der Waals surface area (Å²) in [5, 5.41) is 26.5.